The van der Waals surface area contributed by atoms with Crippen LogP contribution in [0.5, 0.6) is 0 Å². The third-order valence-electron chi connectivity index (χ3n) is 5.38. The summed E-state index contributed by atoms with van der Waals surface area (Å²) in [6.07, 6.45) is 0. The van der Waals surface area contributed by atoms with Gasteiger partial charge in [-0.2, -0.15) is 0 Å². The molecule has 0 aliphatic rings. The fraction of sp³-hybridized carbons (Fsp3) is 0.111. The highest BCUT2D eigenvalue weighted by Crippen LogP contribution is 2.48. The van der Waals surface area contributed by atoms with E-state index in [9.17, 15) is 10.1 Å². The van der Waals surface area contributed by atoms with Crippen molar-refractivity contribution in [2.45, 2.75) is 4.75 Å². The second-order valence-electron chi connectivity index (χ2n) is 7.33. The van der Waals surface area contributed by atoms with E-state index in [-0.39, 0.29) is 10.6 Å². The zero-order valence-corrected chi connectivity index (χ0v) is 18.4. The van der Waals surface area contributed by atoms with Crippen LogP contribution in [-0.2, 0) is 4.75 Å². The summed E-state index contributed by atoms with van der Waals surface area (Å²) in [4.78, 5) is 11.0. The molecule has 0 heterocycles. The number of thioether (sulfide) groups is 1. The maximum atomic E-state index is 11.3. The van der Waals surface area contributed by atoms with Gasteiger partial charge in [-0.3, -0.25) is 10.1 Å². The molecular formula is C27H24N2O2S. The van der Waals surface area contributed by atoms with Crippen LogP contribution in [-0.4, -0.2) is 17.2 Å². The second-order valence-corrected chi connectivity index (χ2v) is 8.64. The number of nitro groups is 1. The molecule has 160 valence electrons. The van der Waals surface area contributed by atoms with Gasteiger partial charge in [-0.15, -0.1) is 11.8 Å². The van der Waals surface area contributed by atoms with E-state index in [1.807, 2.05) is 36.0 Å². The van der Waals surface area contributed by atoms with Crippen molar-refractivity contribution in [2.75, 3.05) is 17.6 Å². The summed E-state index contributed by atoms with van der Waals surface area (Å²) < 4.78 is -0.395. The SMILES string of the molecule is O=[N+]([O-])c1ccccc1NCCSC(c1ccccc1)(c1ccccc1)c1ccccc1. The lowest BCUT2D eigenvalue weighted by Crippen LogP contribution is -2.27. The highest BCUT2D eigenvalue weighted by molar-refractivity contribution is 8.00. The number of nitrogens with one attached hydrogen (secondary N) is 1. The molecule has 0 unspecified atom stereocenters. The van der Waals surface area contributed by atoms with E-state index in [1.54, 1.807) is 12.1 Å². The molecule has 0 aliphatic heterocycles. The first-order valence-corrected chi connectivity index (χ1v) is 11.5. The van der Waals surface area contributed by atoms with Crippen molar-refractivity contribution in [1.82, 2.24) is 0 Å². The molecule has 4 aromatic carbocycles. The van der Waals surface area contributed by atoms with Crippen molar-refractivity contribution in [3.05, 3.63) is 142 Å². The van der Waals surface area contributed by atoms with Crippen molar-refractivity contribution < 1.29 is 4.92 Å². The van der Waals surface area contributed by atoms with Gasteiger partial charge in [-0.1, -0.05) is 103 Å². The van der Waals surface area contributed by atoms with Crippen LogP contribution in [0, 0.1) is 10.1 Å². The molecular weight excluding hydrogens is 416 g/mol. The van der Waals surface area contributed by atoms with E-state index in [0.29, 0.717) is 12.2 Å². The smallest absolute Gasteiger partial charge is 0.292 e. The lowest BCUT2D eigenvalue weighted by Gasteiger charge is -2.35. The van der Waals surface area contributed by atoms with Crippen molar-refractivity contribution in [3.8, 4) is 0 Å². The van der Waals surface area contributed by atoms with E-state index in [1.165, 1.54) is 22.8 Å². The minimum Gasteiger partial charge on any atom is -0.379 e. The Balaban J connectivity index is 1.67. The van der Waals surface area contributed by atoms with Crippen LogP contribution in [0.4, 0.5) is 11.4 Å². The number of hydrogen-bond acceptors (Lipinski definition) is 4. The Kier molecular flexibility index (Phi) is 6.87. The van der Waals surface area contributed by atoms with Crippen molar-refractivity contribution in [2.24, 2.45) is 0 Å². The maximum Gasteiger partial charge on any atom is 0.292 e. The Morgan fingerprint density at radius 2 is 1.12 bits per heavy atom. The average Bonchev–Trinajstić information content (AvgIpc) is 2.86. The van der Waals surface area contributed by atoms with E-state index in [2.05, 4.69) is 78.1 Å². The van der Waals surface area contributed by atoms with Gasteiger partial charge in [0.15, 0.2) is 0 Å². The van der Waals surface area contributed by atoms with Gasteiger partial charge in [0.25, 0.3) is 5.69 Å². The van der Waals surface area contributed by atoms with Gasteiger partial charge in [0.1, 0.15) is 5.69 Å². The Morgan fingerprint density at radius 1 is 0.688 bits per heavy atom. The molecule has 1 N–H and O–H groups in total. The summed E-state index contributed by atoms with van der Waals surface area (Å²) in [6.45, 7) is 0.601. The molecule has 0 amide bonds. The number of hydrogen-bond donors (Lipinski definition) is 1. The number of nitrogens with zero attached hydrogens (tertiary/aromatic N) is 1. The number of nitro benzene ring substituents is 1. The second kappa shape index (κ2) is 10.2. The first kappa shape index (κ1) is 21.7. The fourth-order valence-electron chi connectivity index (χ4n) is 3.94. The highest BCUT2D eigenvalue weighted by Gasteiger charge is 2.36. The Hall–Kier alpha value is -3.57. The third-order valence-corrected chi connectivity index (χ3v) is 6.93. The average molecular weight is 441 g/mol. The zero-order valence-electron chi connectivity index (χ0n) is 17.6. The van der Waals surface area contributed by atoms with Gasteiger partial charge in [0, 0.05) is 18.4 Å². The summed E-state index contributed by atoms with van der Waals surface area (Å²) in [6, 6.07) is 38.3. The van der Waals surface area contributed by atoms with Crippen molar-refractivity contribution in [3.63, 3.8) is 0 Å². The van der Waals surface area contributed by atoms with E-state index in [4.69, 9.17) is 0 Å². The molecule has 0 atom stereocenters. The summed E-state index contributed by atoms with van der Waals surface area (Å²) >= 11 is 1.83. The molecule has 0 fully saturated rings. The fourth-order valence-corrected chi connectivity index (χ4v) is 5.36. The number of rotatable bonds is 9. The summed E-state index contributed by atoms with van der Waals surface area (Å²) in [5.41, 5.74) is 4.25. The maximum absolute atomic E-state index is 11.3. The normalized spacial score (nSPS) is 11.1. The van der Waals surface area contributed by atoms with E-state index in [0.717, 1.165) is 5.75 Å². The van der Waals surface area contributed by atoms with Crippen LogP contribution < -0.4 is 5.32 Å². The van der Waals surface area contributed by atoms with Gasteiger partial charge in [-0.05, 0) is 22.8 Å². The largest absolute Gasteiger partial charge is 0.379 e. The summed E-state index contributed by atoms with van der Waals surface area (Å²) in [5, 5.41) is 14.6. The summed E-state index contributed by atoms with van der Waals surface area (Å²) in [7, 11) is 0. The molecule has 0 bridgehead atoms. The van der Waals surface area contributed by atoms with Crippen LogP contribution in [0.25, 0.3) is 0 Å². The van der Waals surface area contributed by atoms with Crippen LogP contribution in [0.15, 0.2) is 115 Å². The van der Waals surface area contributed by atoms with Crippen LogP contribution in [0.2, 0.25) is 0 Å². The lowest BCUT2D eigenvalue weighted by atomic mass is 9.84. The molecule has 0 aliphatic carbocycles. The van der Waals surface area contributed by atoms with E-state index < -0.39 is 4.75 Å². The topological polar surface area (TPSA) is 55.2 Å². The molecule has 5 heteroatoms. The van der Waals surface area contributed by atoms with Gasteiger partial charge in [0.2, 0.25) is 0 Å². The van der Waals surface area contributed by atoms with Crippen LogP contribution in [0.3, 0.4) is 0 Å². The van der Waals surface area contributed by atoms with Crippen molar-refractivity contribution >= 4 is 23.1 Å². The highest BCUT2D eigenvalue weighted by atomic mass is 32.2. The monoisotopic (exact) mass is 440 g/mol. The Labute approximate surface area is 192 Å². The first-order valence-electron chi connectivity index (χ1n) is 10.5. The number of anilines is 1. The quantitative estimate of drug-likeness (QED) is 0.136. The van der Waals surface area contributed by atoms with Crippen LogP contribution >= 0.6 is 11.8 Å². The minimum absolute atomic E-state index is 0.0953. The molecule has 4 nitrogen and oxygen atoms in total. The predicted octanol–water partition coefficient (Wildman–Crippen LogP) is 6.73. The third kappa shape index (κ3) is 4.53. The Morgan fingerprint density at radius 3 is 1.59 bits per heavy atom. The molecule has 0 aromatic heterocycles. The molecule has 0 saturated carbocycles. The zero-order chi connectivity index (χ0) is 22.2. The van der Waals surface area contributed by atoms with Gasteiger partial charge < -0.3 is 5.32 Å². The standard InChI is InChI=1S/C27H24N2O2S/c30-29(31)26-19-11-10-18-25(26)28-20-21-32-27(22-12-4-1-5-13-22,23-14-6-2-7-15-23)24-16-8-3-9-17-24/h1-19,28H,20-21H2. The van der Waals surface area contributed by atoms with Crippen LogP contribution in [0.1, 0.15) is 16.7 Å². The molecule has 0 saturated heterocycles. The summed E-state index contributed by atoms with van der Waals surface area (Å²) in [5.74, 6) is 0.755. The molecule has 0 radical (unpaired) electrons. The lowest BCUT2D eigenvalue weighted by molar-refractivity contribution is -0.384. The molecule has 4 aromatic rings. The molecule has 32 heavy (non-hydrogen) atoms. The molecule has 4 rings (SSSR count). The van der Waals surface area contributed by atoms with Gasteiger partial charge >= 0.3 is 0 Å². The number of benzene rings is 4. The van der Waals surface area contributed by atoms with Gasteiger partial charge in [-0.25, -0.2) is 0 Å². The first-order chi connectivity index (χ1) is 15.7. The van der Waals surface area contributed by atoms with Gasteiger partial charge in [0.05, 0.1) is 9.67 Å². The predicted molar refractivity (Wildman–Crippen MR) is 133 cm³/mol. The van der Waals surface area contributed by atoms with E-state index >= 15 is 0 Å². The number of para-hydroxylation sites is 2. The minimum atomic E-state index is -0.395. The Bertz CT molecular complexity index is 1060. The molecule has 0 spiro atoms. The van der Waals surface area contributed by atoms with Crippen molar-refractivity contribution in [1.29, 1.82) is 0 Å².